The highest BCUT2D eigenvalue weighted by Crippen LogP contribution is 2.23. The third-order valence-electron chi connectivity index (χ3n) is 4.04. The summed E-state index contributed by atoms with van der Waals surface area (Å²) in [6.45, 7) is 0.236. The van der Waals surface area contributed by atoms with E-state index in [9.17, 15) is 9.59 Å². The normalized spacial score (nSPS) is 15.1. The van der Waals surface area contributed by atoms with E-state index < -0.39 is 5.91 Å². The van der Waals surface area contributed by atoms with E-state index in [1.807, 2.05) is 12.1 Å². The summed E-state index contributed by atoms with van der Waals surface area (Å²) >= 11 is 5.93. The van der Waals surface area contributed by atoms with Gasteiger partial charge in [0.2, 0.25) is 5.91 Å². The molecule has 4 N–H and O–H groups in total. The van der Waals surface area contributed by atoms with Crippen LogP contribution in [0.3, 0.4) is 0 Å². The highest BCUT2D eigenvalue weighted by molar-refractivity contribution is 6.30. The average Bonchev–Trinajstić information content (AvgIpc) is 2.65. The molecule has 2 amide bonds. The molecule has 27 heavy (non-hydrogen) atoms. The summed E-state index contributed by atoms with van der Waals surface area (Å²) in [7, 11) is 0. The number of amides is 2. The van der Waals surface area contributed by atoms with Crippen LogP contribution in [0.25, 0.3) is 0 Å². The van der Waals surface area contributed by atoms with Crippen molar-refractivity contribution < 1.29 is 19.5 Å². The predicted octanol–water partition coefficient (Wildman–Crippen LogP) is 2.30. The Morgan fingerprint density at radius 2 is 2.04 bits per heavy atom. The second-order valence-electron chi connectivity index (χ2n) is 5.89. The highest BCUT2D eigenvalue weighted by Gasteiger charge is 2.24. The zero-order valence-corrected chi connectivity index (χ0v) is 15.8. The molecule has 144 valence electrons. The summed E-state index contributed by atoms with van der Waals surface area (Å²) in [5.74, 6) is -0.229. The molecule has 0 radical (unpaired) electrons. The number of hydrogen-bond donors (Lipinski definition) is 4. The first-order valence-electron chi connectivity index (χ1n) is 8.02. The lowest BCUT2D eigenvalue weighted by Crippen LogP contribution is -2.44. The Morgan fingerprint density at radius 3 is 2.78 bits per heavy atom. The van der Waals surface area contributed by atoms with Crippen molar-refractivity contribution in [1.82, 2.24) is 10.8 Å². The minimum absolute atomic E-state index is 0. The molecule has 0 saturated heterocycles. The number of ether oxygens (including phenoxy) is 1. The van der Waals surface area contributed by atoms with Gasteiger partial charge in [0.1, 0.15) is 5.75 Å². The van der Waals surface area contributed by atoms with Gasteiger partial charge in [0.25, 0.3) is 5.91 Å². The van der Waals surface area contributed by atoms with Gasteiger partial charge in [-0.2, -0.15) is 0 Å². The molecule has 0 aromatic heterocycles. The standard InChI is InChI=1S/C18H18ClN3O4.ClH/c19-13-2-1-3-14(8-13)21-18(24)16-7-11-4-5-15(6-12(11)9-20-16)26-10-17(23)22-25;/h1-6,8,16,20,25H,7,9-10H2,(H,21,24)(H,22,23);1H/t16-;/m0./s1. The van der Waals surface area contributed by atoms with E-state index in [0.717, 1.165) is 11.1 Å². The van der Waals surface area contributed by atoms with Crippen LogP contribution in [-0.4, -0.2) is 29.7 Å². The smallest absolute Gasteiger partial charge is 0.281 e. The van der Waals surface area contributed by atoms with Gasteiger partial charge in [-0.3, -0.25) is 14.8 Å². The molecular formula is C18H19Cl2N3O4. The number of anilines is 1. The lowest BCUT2D eigenvalue weighted by atomic mass is 9.95. The van der Waals surface area contributed by atoms with Crippen LogP contribution < -0.4 is 20.9 Å². The Morgan fingerprint density at radius 1 is 1.22 bits per heavy atom. The SMILES string of the molecule is Cl.O=C(COc1ccc2c(c1)CN[C@H](C(=O)Nc1cccc(Cl)c1)C2)NO. The van der Waals surface area contributed by atoms with Gasteiger partial charge in [-0.1, -0.05) is 23.7 Å². The highest BCUT2D eigenvalue weighted by atomic mass is 35.5. The van der Waals surface area contributed by atoms with Crippen molar-refractivity contribution in [2.45, 2.75) is 19.0 Å². The first-order valence-corrected chi connectivity index (χ1v) is 8.40. The number of benzene rings is 2. The number of carbonyl (C=O) groups excluding carboxylic acids is 2. The molecule has 7 nitrogen and oxygen atoms in total. The van der Waals surface area contributed by atoms with Crippen LogP contribution in [0.15, 0.2) is 42.5 Å². The van der Waals surface area contributed by atoms with Gasteiger partial charge in [-0.15, -0.1) is 12.4 Å². The molecule has 0 fully saturated rings. The number of carbonyl (C=O) groups is 2. The van der Waals surface area contributed by atoms with Crippen molar-refractivity contribution in [3.63, 3.8) is 0 Å². The van der Waals surface area contributed by atoms with Gasteiger partial charge in [-0.05, 0) is 47.9 Å². The molecule has 1 atom stereocenters. The number of hydrogen-bond acceptors (Lipinski definition) is 5. The van der Waals surface area contributed by atoms with Crippen LogP contribution in [0.5, 0.6) is 5.75 Å². The van der Waals surface area contributed by atoms with E-state index in [0.29, 0.717) is 29.4 Å². The average molecular weight is 412 g/mol. The second-order valence-corrected chi connectivity index (χ2v) is 6.33. The van der Waals surface area contributed by atoms with E-state index in [4.69, 9.17) is 21.5 Å². The largest absolute Gasteiger partial charge is 0.484 e. The molecule has 3 rings (SSSR count). The Kier molecular flexibility index (Phi) is 7.44. The van der Waals surface area contributed by atoms with Crippen LogP contribution in [0.4, 0.5) is 5.69 Å². The topological polar surface area (TPSA) is 99.7 Å². The summed E-state index contributed by atoms with van der Waals surface area (Å²) in [5, 5.41) is 15.1. The minimum atomic E-state index is -0.626. The zero-order chi connectivity index (χ0) is 18.5. The summed E-state index contributed by atoms with van der Waals surface area (Å²) < 4.78 is 5.30. The third kappa shape index (κ3) is 5.58. The number of hydroxylamine groups is 1. The van der Waals surface area contributed by atoms with Crippen LogP contribution in [0.2, 0.25) is 5.02 Å². The third-order valence-corrected chi connectivity index (χ3v) is 4.28. The molecule has 2 aromatic rings. The van der Waals surface area contributed by atoms with Crippen LogP contribution in [-0.2, 0) is 22.6 Å². The van der Waals surface area contributed by atoms with Crippen molar-refractivity contribution in [1.29, 1.82) is 0 Å². The Balaban J connectivity index is 0.00000261. The maximum absolute atomic E-state index is 12.5. The fourth-order valence-electron chi connectivity index (χ4n) is 2.74. The minimum Gasteiger partial charge on any atom is -0.484 e. The number of nitrogens with one attached hydrogen (secondary N) is 3. The molecule has 2 aromatic carbocycles. The maximum Gasteiger partial charge on any atom is 0.281 e. The molecule has 0 aliphatic carbocycles. The predicted molar refractivity (Wildman–Crippen MR) is 104 cm³/mol. The molecule has 1 aliphatic rings. The molecule has 1 aliphatic heterocycles. The van der Waals surface area contributed by atoms with Gasteiger partial charge in [-0.25, -0.2) is 5.48 Å². The monoisotopic (exact) mass is 411 g/mol. The summed E-state index contributed by atoms with van der Waals surface area (Å²) in [6, 6.07) is 12.1. The van der Waals surface area contributed by atoms with E-state index >= 15 is 0 Å². The van der Waals surface area contributed by atoms with E-state index in [1.54, 1.807) is 30.3 Å². The van der Waals surface area contributed by atoms with Gasteiger partial charge in [0, 0.05) is 17.3 Å². The van der Waals surface area contributed by atoms with Crippen LogP contribution in [0.1, 0.15) is 11.1 Å². The maximum atomic E-state index is 12.5. The Bertz CT molecular complexity index is 832. The molecule has 0 spiro atoms. The molecule has 9 heteroatoms. The van der Waals surface area contributed by atoms with Crippen molar-refractivity contribution in [2.75, 3.05) is 11.9 Å². The van der Waals surface area contributed by atoms with Gasteiger partial charge >= 0.3 is 0 Å². The summed E-state index contributed by atoms with van der Waals surface area (Å²) in [4.78, 5) is 23.5. The van der Waals surface area contributed by atoms with Crippen molar-refractivity contribution in [3.8, 4) is 5.75 Å². The number of halogens is 2. The van der Waals surface area contributed by atoms with Gasteiger partial charge in [0.05, 0.1) is 6.04 Å². The summed E-state index contributed by atoms with van der Waals surface area (Å²) in [6.07, 6.45) is 0.541. The van der Waals surface area contributed by atoms with Gasteiger partial charge < -0.3 is 15.4 Å². The van der Waals surface area contributed by atoms with Crippen LogP contribution in [0, 0.1) is 0 Å². The van der Waals surface area contributed by atoms with Crippen LogP contribution >= 0.6 is 24.0 Å². The Hall–Kier alpha value is -2.32. The fraction of sp³-hybridized carbons (Fsp3) is 0.222. The molecule has 0 saturated carbocycles. The van der Waals surface area contributed by atoms with E-state index in [1.165, 1.54) is 5.48 Å². The lowest BCUT2D eigenvalue weighted by molar-refractivity contribution is -0.131. The molecule has 0 unspecified atom stereocenters. The number of fused-ring (bicyclic) bond motifs is 1. The first kappa shape index (κ1) is 21.0. The lowest BCUT2D eigenvalue weighted by Gasteiger charge is -2.26. The molecular weight excluding hydrogens is 393 g/mol. The van der Waals surface area contributed by atoms with Crippen molar-refractivity contribution >= 4 is 41.5 Å². The van der Waals surface area contributed by atoms with Gasteiger partial charge in [0.15, 0.2) is 6.61 Å². The van der Waals surface area contributed by atoms with Crippen molar-refractivity contribution in [2.24, 2.45) is 0 Å². The number of rotatable bonds is 5. The first-order chi connectivity index (χ1) is 12.5. The zero-order valence-electron chi connectivity index (χ0n) is 14.2. The van der Waals surface area contributed by atoms with E-state index in [-0.39, 0.29) is 31.0 Å². The molecule has 0 bridgehead atoms. The fourth-order valence-corrected chi connectivity index (χ4v) is 2.93. The quantitative estimate of drug-likeness (QED) is 0.446. The van der Waals surface area contributed by atoms with Crippen molar-refractivity contribution in [3.05, 3.63) is 58.6 Å². The summed E-state index contributed by atoms with van der Waals surface area (Å²) in [5.41, 5.74) is 4.20. The molecule has 1 heterocycles. The Labute approximate surface area is 167 Å². The van der Waals surface area contributed by atoms with E-state index in [2.05, 4.69) is 10.6 Å². The second kappa shape index (κ2) is 9.57.